The lowest BCUT2D eigenvalue weighted by molar-refractivity contribution is 0.155. The predicted molar refractivity (Wildman–Crippen MR) is 67.5 cm³/mol. The lowest BCUT2D eigenvalue weighted by Crippen LogP contribution is -1.98. The van der Waals surface area contributed by atoms with Gasteiger partial charge in [0.1, 0.15) is 24.7 Å². The van der Waals surface area contributed by atoms with Crippen molar-refractivity contribution in [3.8, 4) is 5.75 Å². The van der Waals surface area contributed by atoms with E-state index in [1.165, 1.54) is 5.56 Å². The van der Waals surface area contributed by atoms with Crippen molar-refractivity contribution in [3.63, 3.8) is 0 Å². The Kier molecular flexibility index (Phi) is 3.99. The summed E-state index contributed by atoms with van der Waals surface area (Å²) in [6, 6.07) is 7.85. The fraction of sp³-hybridized carbons (Fsp3) is 0.357. The molecule has 0 bridgehead atoms. The first kappa shape index (κ1) is 12.6. The van der Waals surface area contributed by atoms with Gasteiger partial charge in [0.25, 0.3) is 0 Å². The van der Waals surface area contributed by atoms with Gasteiger partial charge in [0.15, 0.2) is 5.76 Å². The van der Waals surface area contributed by atoms with Crippen LogP contribution in [0.2, 0.25) is 0 Å². The molecule has 0 amide bonds. The van der Waals surface area contributed by atoms with Gasteiger partial charge in [-0.05, 0) is 31.0 Å². The molecule has 0 aliphatic heterocycles. The summed E-state index contributed by atoms with van der Waals surface area (Å²) >= 11 is 0. The van der Waals surface area contributed by atoms with Crippen LogP contribution < -0.4 is 4.74 Å². The van der Waals surface area contributed by atoms with E-state index in [1.54, 1.807) is 7.11 Å². The molecule has 4 heteroatoms. The largest absolute Gasteiger partial charge is 0.487 e. The van der Waals surface area contributed by atoms with E-state index >= 15 is 0 Å². The average Bonchev–Trinajstić information content (AvgIpc) is 2.79. The molecular formula is C14H17NO3. The second kappa shape index (κ2) is 5.69. The third-order valence-corrected chi connectivity index (χ3v) is 2.82. The van der Waals surface area contributed by atoms with Crippen LogP contribution in [0.15, 0.2) is 28.8 Å². The van der Waals surface area contributed by atoms with E-state index in [1.807, 2.05) is 25.1 Å². The zero-order chi connectivity index (χ0) is 13.0. The highest BCUT2D eigenvalue weighted by atomic mass is 16.5. The molecule has 1 aromatic carbocycles. The fourth-order valence-corrected chi connectivity index (χ4v) is 1.67. The van der Waals surface area contributed by atoms with Gasteiger partial charge < -0.3 is 14.0 Å². The first-order chi connectivity index (χ1) is 8.70. The SMILES string of the molecule is COCc1cc(COc2cccc(C)c2C)no1. The number of hydrogen-bond donors (Lipinski definition) is 0. The Bertz CT molecular complexity index is 520. The summed E-state index contributed by atoms with van der Waals surface area (Å²) < 4.78 is 15.8. The van der Waals surface area contributed by atoms with Gasteiger partial charge >= 0.3 is 0 Å². The summed E-state index contributed by atoms with van der Waals surface area (Å²) in [5, 5.41) is 3.92. The van der Waals surface area contributed by atoms with Crippen molar-refractivity contribution < 1.29 is 14.0 Å². The molecule has 0 spiro atoms. The molecule has 0 radical (unpaired) electrons. The number of aryl methyl sites for hydroxylation is 1. The molecule has 96 valence electrons. The normalized spacial score (nSPS) is 10.6. The Morgan fingerprint density at radius 2 is 2.06 bits per heavy atom. The molecule has 0 aliphatic carbocycles. The Balaban J connectivity index is 2.00. The highest BCUT2D eigenvalue weighted by molar-refractivity contribution is 5.38. The first-order valence-electron chi connectivity index (χ1n) is 5.83. The van der Waals surface area contributed by atoms with Crippen molar-refractivity contribution >= 4 is 0 Å². The Morgan fingerprint density at radius 3 is 2.83 bits per heavy atom. The van der Waals surface area contributed by atoms with Crippen LogP contribution in [-0.4, -0.2) is 12.3 Å². The van der Waals surface area contributed by atoms with Gasteiger partial charge in [-0.1, -0.05) is 17.3 Å². The fourth-order valence-electron chi connectivity index (χ4n) is 1.67. The van der Waals surface area contributed by atoms with Crippen LogP contribution in [0.5, 0.6) is 5.75 Å². The van der Waals surface area contributed by atoms with E-state index in [2.05, 4.69) is 18.1 Å². The Labute approximate surface area is 107 Å². The highest BCUT2D eigenvalue weighted by Gasteiger charge is 2.06. The molecule has 1 aromatic heterocycles. The molecule has 0 aliphatic rings. The molecule has 0 fully saturated rings. The second-order valence-electron chi connectivity index (χ2n) is 4.20. The number of ether oxygens (including phenoxy) is 2. The summed E-state index contributed by atoms with van der Waals surface area (Å²) in [5.41, 5.74) is 3.13. The van der Waals surface area contributed by atoms with Gasteiger partial charge in [-0.2, -0.15) is 0 Å². The maximum atomic E-state index is 5.73. The minimum Gasteiger partial charge on any atom is -0.487 e. The lowest BCUT2D eigenvalue weighted by Gasteiger charge is -2.09. The standard InChI is InChI=1S/C14H17NO3/c1-10-5-4-6-14(11(10)2)17-8-12-7-13(9-16-3)18-15-12/h4-7H,8-9H2,1-3H3. The number of hydrogen-bond acceptors (Lipinski definition) is 4. The third kappa shape index (κ3) is 2.90. The summed E-state index contributed by atoms with van der Waals surface area (Å²) in [7, 11) is 1.62. The second-order valence-corrected chi connectivity index (χ2v) is 4.20. The zero-order valence-corrected chi connectivity index (χ0v) is 10.9. The van der Waals surface area contributed by atoms with Gasteiger partial charge in [-0.15, -0.1) is 0 Å². The van der Waals surface area contributed by atoms with E-state index in [0.717, 1.165) is 17.0 Å². The molecule has 0 unspecified atom stereocenters. The highest BCUT2D eigenvalue weighted by Crippen LogP contribution is 2.21. The first-order valence-corrected chi connectivity index (χ1v) is 5.83. The maximum Gasteiger partial charge on any atom is 0.162 e. The van der Waals surface area contributed by atoms with Crippen LogP contribution in [-0.2, 0) is 18.0 Å². The minimum atomic E-state index is 0.400. The summed E-state index contributed by atoms with van der Waals surface area (Å²) in [6.45, 7) is 4.94. The van der Waals surface area contributed by atoms with Gasteiger partial charge in [-0.3, -0.25) is 0 Å². The molecule has 0 saturated carbocycles. The van der Waals surface area contributed by atoms with Crippen LogP contribution in [0.1, 0.15) is 22.6 Å². The summed E-state index contributed by atoms with van der Waals surface area (Å²) in [4.78, 5) is 0. The van der Waals surface area contributed by atoms with Gasteiger partial charge in [0, 0.05) is 13.2 Å². The Hall–Kier alpha value is -1.81. The molecule has 0 saturated heterocycles. The molecule has 0 N–H and O–H groups in total. The minimum absolute atomic E-state index is 0.400. The molecule has 0 atom stereocenters. The van der Waals surface area contributed by atoms with Crippen LogP contribution in [0.25, 0.3) is 0 Å². The zero-order valence-electron chi connectivity index (χ0n) is 10.9. The smallest absolute Gasteiger partial charge is 0.162 e. The predicted octanol–water partition coefficient (Wildman–Crippen LogP) is 3.02. The van der Waals surface area contributed by atoms with Crippen molar-refractivity contribution in [2.24, 2.45) is 0 Å². The lowest BCUT2D eigenvalue weighted by atomic mass is 10.1. The van der Waals surface area contributed by atoms with Crippen molar-refractivity contribution in [3.05, 3.63) is 46.8 Å². The van der Waals surface area contributed by atoms with Crippen LogP contribution >= 0.6 is 0 Å². The number of methoxy groups -OCH3 is 1. The Morgan fingerprint density at radius 1 is 1.22 bits per heavy atom. The van der Waals surface area contributed by atoms with Crippen molar-refractivity contribution in [1.82, 2.24) is 5.16 Å². The van der Waals surface area contributed by atoms with E-state index in [4.69, 9.17) is 14.0 Å². The molecule has 4 nitrogen and oxygen atoms in total. The van der Waals surface area contributed by atoms with E-state index < -0.39 is 0 Å². The van der Waals surface area contributed by atoms with Crippen molar-refractivity contribution in [2.45, 2.75) is 27.1 Å². The van der Waals surface area contributed by atoms with E-state index in [9.17, 15) is 0 Å². The van der Waals surface area contributed by atoms with E-state index in [-0.39, 0.29) is 0 Å². The van der Waals surface area contributed by atoms with Gasteiger partial charge in [-0.25, -0.2) is 0 Å². The molecule has 2 rings (SSSR count). The molecule has 1 heterocycles. The summed E-state index contributed by atoms with van der Waals surface area (Å²) in [6.07, 6.45) is 0. The van der Waals surface area contributed by atoms with Gasteiger partial charge in [0.2, 0.25) is 0 Å². The van der Waals surface area contributed by atoms with Crippen LogP contribution in [0, 0.1) is 13.8 Å². The molecule has 2 aromatic rings. The van der Waals surface area contributed by atoms with Crippen LogP contribution in [0.4, 0.5) is 0 Å². The van der Waals surface area contributed by atoms with Crippen molar-refractivity contribution in [2.75, 3.05) is 7.11 Å². The number of benzene rings is 1. The van der Waals surface area contributed by atoms with E-state index in [0.29, 0.717) is 19.0 Å². The molecule has 18 heavy (non-hydrogen) atoms. The van der Waals surface area contributed by atoms with Crippen LogP contribution in [0.3, 0.4) is 0 Å². The average molecular weight is 247 g/mol. The number of rotatable bonds is 5. The quantitative estimate of drug-likeness (QED) is 0.814. The molecular weight excluding hydrogens is 230 g/mol. The third-order valence-electron chi connectivity index (χ3n) is 2.82. The topological polar surface area (TPSA) is 44.5 Å². The number of nitrogens with zero attached hydrogens (tertiary/aromatic N) is 1. The monoisotopic (exact) mass is 247 g/mol. The summed E-state index contributed by atoms with van der Waals surface area (Å²) in [5.74, 6) is 1.59. The number of aromatic nitrogens is 1. The van der Waals surface area contributed by atoms with Gasteiger partial charge in [0.05, 0.1) is 0 Å². The maximum absolute atomic E-state index is 5.73. The van der Waals surface area contributed by atoms with Crippen molar-refractivity contribution in [1.29, 1.82) is 0 Å².